The van der Waals surface area contributed by atoms with Crippen molar-refractivity contribution in [1.82, 2.24) is 9.78 Å². The number of aryl methyl sites for hydroxylation is 1. The van der Waals surface area contributed by atoms with Crippen molar-refractivity contribution in [2.45, 2.75) is 0 Å². The smallest absolute Gasteiger partial charge is 0.354 e. The number of carboxylic acid groups (broad SMARTS) is 1. The van der Waals surface area contributed by atoms with E-state index in [1.807, 2.05) is 24.3 Å². The zero-order valence-corrected chi connectivity index (χ0v) is 10.1. The lowest BCUT2D eigenvalue weighted by Crippen LogP contribution is -2.04. The summed E-state index contributed by atoms with van der Waals surface area (Å²) in [4.78, 5) is 10.9. The summed E-state index contributed by atoms with van der Waals surface area (Å²) in [5.74, 6) is -0.978. The van der Waals surface area contributed by atoms with E-state index in [4.69, 9.17) is 5.11 Å². The van der Waals surface area contributed by atoms with Crippen LogP contribution < -0.4 is 0 Å². The number of hydrogen-bond donors (Lipinski definition) is 1. The molecule has 0 aliphatic heterocycles. The second-order valence-electron chi connectivity index (χ2n) is 3.32. The van der Waals surface area contributed by atoms with Gasteiger partial charge in [0.2, 0.25) is 0 Å². The summed E-state index contributed by atoms with van der Waals surface area (Å²) in [6.45, 7) is 0. The standard InChI is InChI=1S/C11H9BrN2O2/c1-14-10(11(15)16)6-9(13-14)7-4-2-3-5-8(7)12/h2-6H,1H3,(H,15,16). The fourth-order valence-electron chi connectivity index (χ4n) is 1.47. The normalized spacial score (nSPS) is 10.4. The van der Waals surface area contributed by atoms with Crippen LogP contribution in [0.5, 0.6) is 0 Å². The highest BCUT2D eigenvalue weighted by Gasteiger charge is 2.13. The van der Waals surface area contributed by atoms with Gasteiger partial charge in [0, 0.05) is 17.1 Å². The number of nitrogens with zero attached hydrogens (tertiary/aromatic N) is 2. The van der Waals surface area contributed by atoms with Gasteiger partial charge in [0.1, 0.15) is 5.69 Å². The van der Waals surface area contributed by atoms with Crippen molar-refractivity contribution >= 4 is 21.9 Å². The van der Waals surface area contributed by atoms with Gasteiger partial charge in [-0.05, 0) is 12.1 Å². The number of aromatic nitrogens is 2. The summed E-state index contributed by atoms with van der Waals surface area (Å²) in [5, 5.41) is 13.1. The Kier molecular flexibility index (Phi) is 2.78. The molecule has 1 aromatic heterocycles. The molecule has 0 saturated carbocycles. The molecule has 4 nitrogen and oxygen atoms in total. The molecule has 2 rings (SSSR count). The van der Waals surface area contributed by atoms with Crippen LogP contribution in [0.15, 0.2) is 34.8 Å². The van der Waals surface area contributed by atoms with Crippen LogP contribution in [-0.4, -0.2) is 20.9 Å². The lowest BCUT2D eigenvalue weighted by molar-refractivity contribution is 0.0685. The van der Waals surface area contributed by atoms with Gasteiger partial charge in [-0.15, -0.1) is 0 Å². The van der Waals surface area contributed by atoms with Crippen molar-refractivity contribution in [1.29, 1.82) is 0 Å². The van der Waals surface area contributed by atoms with Gasteiger partial charge >= 0.3 is 5.97 Å². The second kappa shape index (κ2) is 4.09. The van der Waals surface area contributed by atoms with E-state index in [1.54, 1.807) is 13.1 Å². The molecule has 5 heteroatoms. The van der Waals surface area contributed by atoms with Crippen LogP contribution in [0.25, 0.3) is 11.3 Å². The highest BCUT2D eigenvalue weighted by Crippen LogP contribution is 2.27. The van der Waals surface area contributed by atoms with Gasteiger partial charge < -0.3 is 5.11 Å². The predicted octanol–water partition coefficient (Wildman–Crippen LogP) is 2.55. The molecule has 0 amide bonds. The number of halogens is 1. The van der Waals surface area contributed by atoms with Crippen molar-refractivity contribution in [3.05, 3.63) is 40.5 Å². The van der Waals surface area contributed by atoms with Crippen molar-refractivity contribution < 1.29 is 9.90 Å². The molecule has 0 bridgehead atoms. The van der Waals surface area contributed by atoms with Gasteiger partial charge in [-0.2, -0.15) is 5.10 Å². The van der Waals surface area contributed by atoms with E-state index >= 15 is 0 Å². The summed E-state index contributed by atoms with van der Waals surface area (Å²) < 4.78 is 2.25. The first kappa shape index (κ1) is 10.9. The fraction of sp³-hybridized carbons (Fsp3) is 0.0909. The molecule has 0 radical (unpaired) electrons. The average molecular weight is 281 g/mol. The van der Waals surface area contributed by atoms with E-state index in [0.717, 1.165) is 10.0 Å². The zero-order valence-electron chi connectivity index (χ0n) is 8.51. The SMILES string of the molecule is Cn1nc(-c2ccccc2Br)cc1C(=O)O. The average Bonchev–Trinajstić information content (AvgIpc) is 2.61. The number of rotatable bonds is 2. The highest BCUT2D eigenvalue weighted by atomic mass is 79.9. The molecule has 1 N–H and O–H groups in total. The van der Waals surface area contributed by atoms with Crippen LogP contribution in [0.3, 0.4) is 0 Å². The van der Waals surface area contributed by atoms with Crippen LogP contribution in [0.2, 0.25) is 0 Å². The lowest BCUT2D eigenvalue weighted by Gasteiger charge is -1.98. The third-order valence-electron chi connectivity index (χ3n) is 2.25. The topological polar surface area (TPSA) is 55.1 Å². The minimum Gasteiger partial charge on any atom is -0.477 e. The Balaban J connectivity index is 2.54. The van der Waals surface area contributed by atoms with Gasteiger partial charge in [-0.1, -0.05) is 34.1 Å². The number of hydrogen-bond acceptors (Lipinski definition) is 2. The Morgan fingerprint density at radius 2 is 2.12 bits per heavy atom. The number of benzene rings is 1. The van der Waals surface area contributed by atoms with Gasteiger partial charge in [-0.25, -0.2) is 4.79 Å². The fourth-order valence-corrected chi connectivity index (χ4v) is 1.96. The predicted molar refractivity (Wildman–Crippen MR) is 63.3 cm³/mol. The molecule has 82 valence electrons. The minimum atomic E-state index is -0.978. The van der Waals surface area contributed by atoms with Crippen molar-refractivity contribution in [3.63, 3.8) is 0 Å². The third kappa shape index (κ3) is 1.86. The van der Waals surface area contributed by atoms with Gasteiger partial charge in [-0.3, -0.25) is 4.68 Å². The van der Waals surface area contributed by atoms with Crippen LogP contribution in [0.4, 0.5) is 0 Å². The van der Waals surface area contributed by atoms with E-state index in [2.05, 4.69) is 21.0 Å². The van der Waals surface area contributed by atoms with Gasteiger partial charge in [0.25, 0.3) is 0 Å². The van der Waals surface area contributed by atoms with E-state index in [1.165, 1.54) is 4.68 Å². The van der Waals surface area contributed by atoms with Crippen LogP contribution in [0.1, 0.15) is 10.5 Å². The monoisotopic (exact) mass is 280 g/mol. The summed E-state index contributed by atoms with van der Waals surface area (Å²) in [6.07, 6.45) is 0. The molecule has 0 fully saturated rings. The second-order valence-corrected chi connectivity index (χ2v) is 4.18. The van der Waals surface area contributed by atoms with E-state index in [9.17, 15) is 4.79 Å². The summed E-state index contributed by atoms with van der Waals surface area (Å²) >= 11 is 3.41. The van der Waals surface area contributed by atoms with E-state index in [-0.39, 0.29) is 5.69 Å². The largest absolute Gasteiger partial charge is 0.477 e. The number of carboxylic acids is 1. The molecule has 16 heavy (non-hydrogen) atoms. The number of aromatic carboxylic acids is 1. The molecule has 0 aliphatic carbocycles. The Morgan fingerprint density at radius 3 is 2.69 bits per heavy atom. The Morgan fingerprint density at radius 1 is 1.44 bits per heavy atom. The van der Waals surface area contributed by atoms with Crippen LogP contribution in [0, 0.1) is 0 Å². The zero-order chi connectivity index (χ0) is 11.7. The maximum atomic E-state index is 10.9. The third-order valence-corrected chi connectivity index (χ3v) is 2.94. The molecule has 0 aliphatic rings. The van der Waals surface area contributed by atoms with Gasteiger partial charge in [0.15, 0.2) is 0 Å². The van der Waals surface area contributed by atoms with E-state index < -0.39 is 5.97 Å². The molecule has 1 aromatic carbocycles. The molecule has 0 spiro atoms. The maximum absolute atomic E-state index is 10.9. The Bertz CT molecular complexity index is 549. The molecular weight excluding hydrogens is 272 g/mol. The lowest BCUT2D eigenvalue weighted by atomic mass is 10.1. The van der Waals surface area contributed by atoms with Crippen molar-refractivity contribution in [3.8, 4) is 11.3 Å². The number of carbonyl (C=O) groups is 1. The van der Waals surface area contributed by atoms with Crippen molar-refractivity contribution in [2.24, 2.45) is 7.05 Å². The first-order valence-corrected chi connectivity index (χ1v) is 5.41. The maximum Gasteiger partial charge on any atom is 0.354 e. The molecule has 1 heterocycles. The van der Waals surface area contributed by atoms with Crippen LogP contribution in [-0.2, 0) is 7.05 Å². The first-order valence-electron chi connectivity index (χ1n) is 4.62. The van der Waals surface area contributed by atoms with Crippen LogP contribution >= 0.6 is 15.9 Å². The molecule has 2 aromatic rings. The molecule has 0 saturated heterocycles. The van der Waals surface area contributed by atoms with Crippen molar-refractivity contribution in [2.75, 3.05) is 0 Å². The molecular formula is C11H9BrN2O2. The van der Waals surface area contributed by atoms with Gasteiger partial charge in [0.05, 0.1) is 5.69 Å². The quantitative estimate of drug-likeness (QED) is 0.920. The highest BCUT2D eigenvalue weighted by molar-refractivity contribution is 9.10. The van der Waals surface area contributed by atoms with E-state index in [0.29, 0.717) is 5.69 Å². The Hall–Kier alpha value is -1.62. The summed E-state index contributed by atoms with van der Waals surface area (Å²) in [6, 6.07) is 9.12. The minimum absolute atomic E-state index is 0.172. The molecule has 0 atom stereocenters. The molecule has 0 unspecified atom stereocenters. The first-order chi connectivity index (χ1) is 7.59. The Labute approximate surface area is 101 Å². The summed E-state index contributed by atoms with van der Waals surface area (Å²) in [5.41, 5.74) is 1.70. The summed E-state index contributed by atoms with van der Waals surface area (Å²) in [7, 11) is 1.61.